The van der Waals surface area contributed by atoms with E-state index in [1.165, 1.54) is 12.5 Å². The largest absolute Gasteiger partial charge is 0.442 e. The maximum absolute atomic E-state index is 15.2. The van der Waals surface area contributed by atoms with Crippen molar-refractivity contribution in [2.45, 2.75) is 49.8 Å². The minimum absolute atomic E-state index is 0.216. The third-order valence-corrected chi connectivity index (χ3v) is 8.17. The highest BCUT2D eigenvalue weighted by Crippen LogP contribution is 2.67. The lowest BCUT2D eigenvalue weighted by atomic mass is 9.92. The molecule has 3 aromatic rings. The molecule has 0 bridgehead atoms. The number of nitriles is 1. The van der Waals surface area contributed by atoms with Gasteiger partial charge in [0.1, 0.15) is 17.3 Å². The zero-order chi connectivity index (χ0) is 23.0. The van der Waals surface area contributed by atoms with Crippen molar-refractivity contribution in [3.63, 3.8) is 0 Å². The zero-order valence-electron chi connectivity index (χ0n) is 18.3. The fourth-order valence-electron chi connectivity index (χ4n) is 6.54. The summed E-state index contributed by atoms with van der Waals surface area (Å²) in [5, 5.41) is 17.6. The molecule has 0 N–H and O–H groups in total. The van der Waals surface area contributed by atoms with Crippen LogP contribution in [0.1, 0.15) is 30.5 Å². The normalized spacial score (nSPS) is 30.5. The van der Waals surface area contributed by atoms with E-state index in [0.29, 0.717) is 41.6 Å². The Labute approximate surface area is 195 Å². The minimum atomic E-state index is -0.469. The van der Waals surface area contributed by atoms with Crippen molar-refractivity contribution in [2.24, 2.45) is 11.8 Å². The molecule has 2 aromatic heterocycles. The fraction of sp³-hybridized carbons (Fsp3) is 0.400. The smallest absolute Gasteiger partial charge is 0.415 e. The maximum atomic E-state index is 15.2. The van der Waals surface area contributed by atoms with Crippen LogP contribution < -0.4 is 4.90 Å². The predicted molar refractivity (Wildman–Crippen MR) is 118 cm³/mol. The van der Waals surface area contributed by atoms with E-state index in [4.69, 9.17) is 4.74 Å². The lowest BCUT2D eigenvalue weighted by Crippen LogP contribution is -2.35. The number of halogens is 1. The van der Waals surface area contributed by atoms with Crippen LogP contribution in [-0.2, 0) is 23.1 Å². The summed E-state index contributed by atoms with van der Waals surface area (Å²) in [5.41, 5.74) is 2.90. The molecule has 2 aliphatic heterocycles. The van der Waals surface area contributed by atoms with Crippen molar-refractivity contribution in [3.8, 4) is 17.2 Å². The zero-order valence-corrected chi connectivity index (χ0v) is 18.3. The Balaban J connectivity index is 1.18. The number of aromatic nitrogens is 4. The highest BCUT2D eigenvalue weighted by Gasteiger charge is 2.68. The summed E-state index contributed by atoms with van der Waals surface area (Å²) in [4.78, 5) is 18.7. The fourth-order valence-corrected chi connectivity index (χ4v) is 6.54. The van der Waals surface area contributed by atoms with Crippen LogP contribution in [0.3, 0.4) is 0 Å². The molecule has 0 radical (unpaired) electrons. The van der Waals surface area contributed by atoms with Crippen LogP contribution in [-0.4, -0.2) is 38.2 Å². The molecule has 8 nitrogen and oxygen atoms in total. The standard InChI is InChI=1S/C25H21FN6O2/c26-19-10-20-15(9-21-22(34-24(33)32(20)21)12-31-7-6-29-30-31)8-16(19)14-4-5-23(28-11-14)25(13-27)17-2-1-3-18(17)25/h4-8,10-11,17-18,21-22H,1-3,9,12H2/t17-,18+,21-,22-,25?/m0/s1. The Hall–Kier alpha value is -3.80. The van der Waals surface area contributed by atoms with Crippen LogP contribution in [0.5, 0.6) is 0 Å². The van der Waals surface area contributed by atoms with Gasteiger partial charge >= 0.3 is 6.09 Å². The summed E-state index contributed by atoms with van der Waals surface area (Å²) in [6, 6.07) is 9.28. The Morgan fingerprint density at radius 2 is 2.12 bits per heavy atom. The number of benzene rings is 1. The molecule has 34 heavy (non-hydrogen) atoms. The number of carbonyl (C=O) groups excluding carboxylic acids is 1. The third kappa shape index (κ3) is 2.56. The Morgan fingerprint density at radius 1 is 1.26 bits per heavy atom. The first-order chi connectivity index (χ1) is 16.6. The van der Waals surface area contributed by atoms with E-state index in [1.54, 1.807) is 28.2 Å². The summed E-state index contributed by atoms with van der Waals surface area (Å²) < 4.78 is 22.4. The van der Waals surface area contributed by atoms with Gasteiger partial charge in [-0.1, -0.05) is 17.7 Å². The third-order valence-electron chi connectivity index (χ3n) is 8.17. The molecule has 9 heteroatoms. The van der Waals surface area contributed by atoms with Crippen molar-refractivity contribution in [2.75, 3.05) is 4.90 Å². The average Bonchev–Trinajstić information content (AvgIpc) is 3.45. The van der Waals surface area contributed by atoms with E-state index in [0.717, 1.165) is 24.1 Å². The Bertz CT molecular complexity index is 1340. The topological polar surface area (TPSA) is 96.9 Å². The van der Waals surface area contributed by atoms with Gasteiger partial charge in [-0.25, -0.2) is 13.9 Å². The number of amides is 1. The van der Waals surface area contributed by atoms with Crippen LogP contribution in [0.4, 0.5) is 14.9 Å². The second kappa shape index (κ2) is 6.86. The Morgan fingerprint density at radius 3 is 2.82 bits per heavy atom. The molecule has 4 heterocycles. The number of fused-ring (bicyclic) bond motifs is 4. The second-order valence-corrected chi connectivity index (χ2v) is 9.71. The van der Waals surface area contributed by atoms with E-state index in [2.05, 4.69) is 21.4 Å². The molecule has 170 valence electrons. The van der Waals surface area contributed by atoms with Gasteiger partial charge in [0, 0.05) is 23.5 Å². The van der Waals surface area contributed by atoms with Crippen LogP contribution in [0, 0.1) is 29.0 Å². The molecule has 3 fully saturated rings. The van der Waals surface area contributed by atoms with Crippen LogP contribution in [0.2, 0.25) is 0 Å². The lowest BCUT2D eigenvalue weighted by Gasteiger charge is -2.16. The second-order valence-electron chi connectivity index (χ2n) is 9.71. The quantitative estimate of drug-likeness (QED) is 0.595. The van der Waals surface area contributed by atoms with E-state index in [9.17, 15) is 10.1 Å². The van der Waals surface area contributed by atoms with Crippen molar-refractivity contribution < 1.29 is 13.9 Å². The molecule has 4 aliphatic rings. The van der Waals surface area contributed by atoms with Gasteiger partial charge < -0.3 is 4.74 Å². The molecule has 0 spiro atoms. The SMILES string of the molecule is N#CC1(c2ccc(-c3cc4c(cc3F)N3C(=O)O[C@@H](Cn5ccnn5)[C@@H]3C4)cn2)[C@@H]2CCC[C@@H]21. The number of anilines is 1. The number of pyridine rings is 1. The molecule has 2 saturated carbocycles. The van der Waals surface area contributed by atoms with Gasteiger partial charge in [0.2, 0.25) is 0 Å². The first-order valence-corrected chi connectivity index (χ1v) is 11.6. The van der Waals surface area contributed by atoms with Gasteiger partial charge in [-0.3, -0.25) is 9.88 Å². The molecule has 2 aliphatic carbocycles. The molecule has 7 rings (SSSR count). The molecular formula is C25H21FN6O2. The number of cyclic esters (lactones) is 1. The molecular weight excluding hydrogens is 435 g/mol. The van der Waals surface area contributed by atoms with Crippen LogP contribution >= 0.6 is 0 Å². The van der Waals surface area contributed by atoms with Crippen molar-refractivity contribution in [3.05, 3.63) is 59.9 Å². The lowest BCUT2D eigenvalue weighted by molar-refractivity contribution is 0.117. The summed E-state index contributed by atoms with van der Waals surface area (Å²) >= 11 is 0. The Kier molecular flexibility index (Phi) is 3.96. The first kappa shape index (κ1) is 19.6. The van der Waals surface area contributed by atoms with Crippen molar-refractivity contribution in [1.29, 1.82) is 5.26 Å². The van der Waals surface area contributed by atoms with Gasteiger partial charge in [0.15, 0.2) is 0 Å². The van der Waals surface area contributed by atoms with E-state index < -0.39 is 23.4 Å². The van der Waals surface area contributed by atoms with E-state index in [-0.39, 0.29) is 6.04 Å². The molecule has 1 saturated heterocycles. The monoisotopic (exact) mass is 456 g/mol. The summed E-state index contributed by atoms with van der Waals surface area (Å²) in [6.45, 7) is 0.393. The van der Waals surface area contributed by atoms with Gasteiger partial charge in [-0.05, 0) is 54.9 Å². The first-order valence-electron chi connectivity index (χ1n) is 11.6. The van der Waals surface area contributed by atoms with Gasteiger partial charge in [0.25, 0.3) is 0 Å². The molecule has 1 unspecified atom stereocenters. The summed E-state index contributed by atoms with van der Waals surface area (Å²) in [5.74, 6) is 0.400. The minimum Gasteiger partial charge on any atom is -0.442 e. The number of carbonyl (C=O) groups is 1. The highest BCUT2D eigenvalue weighted by molar-refractivity contribution is 5.94. The average molecular weight is 456 g/mol. The van der Waals surface area contributed by atoms with Crippen LogP contribution in [0.25, 0.3) is 11.1 Å². The van der Waals surface area contributed by atoms with Crippen molar-refractivity contribution in [1.82, 2.24) is 20.0 Å². The molecule has 1 amide bonds. The van der Waals surface area contributed by atoms with Crippen molar-refractivity contribution >= 4 is 11.8 Å². The molecule has 1 aromatic carbocycles. The number of rotatable bonds is 4. The summed E-state index contributed by atoms with van der Waals surface area (Å²) in [6.07, 6.45) is 8.02. The summed E-state index contributed by atoms with van der Waals surface area (Å²) in [7, 11) is 0. The number of ether oxygens (including phenoxy) is 1. The van der Waals surface area contributed by atoms with E-state index in [1.807, 2.05) is 18.2 Å². The number of hydrogen-bond donors (Lipinski definition) is 0. The maximum Gasteiger partial charge on any atom is 0.415 e. The van der Waals surface area contributed by atoms with Gasteiger partial charge in [0.05, 0.1) is 36.2 Å². The van der Waals surface area contributed by atoms with Gasteiger partial charge in [-0.2, -0.15) is 5.26 Å². The van der Waals surface area contributed by atoms with Gasteiger partial charge in [-0.15, -0.1) is 5.10 Å². The number of nitrogens with zero attached hydrogens (tertiary/aromatic N) is 6. The highest BCUT2D eigenvalue weighted by atomic mass is 19.1. The molecule has 5 atom stereocenters. The predicted octanol–water partition coefficient (Wildman–Crippen LogP) is 3.62. The van der Waals surface area contributed by atoms with Crippen LogP contribution in [0.15, 0.2) is 42.9 Å². The van der Waals surface area contributed by atoms with E-state index >= 15 is 4.39 Å². The number of hydrogen-bond acceptors (Lipinski definition) is 6.